The Hall–Kier alpha value is -2.55. The van der Waals surface area contributed by atoms with Gasteiger partial charge in [0.15, 0.2) is 0 Å². The molecule has 0 radical (unpaired) electrons. The molecule has 0 N–H and O–H groups in total. The van der Waals surface area contributed by atoms with Gasteiger partial charge in [0, 0.05) is 17.3 Å². The topological polar surface area (TPSA) is 22.1 Å². The molecule has 1 fully saturated rings. The molecule has 4 rings (SSSR count). The Balaban J connectivity index is 1.37. The van der Waals surface area contributed by atoms with E-state index >= 15 is 0 Å². The maximum absolute atomic E-state index is 5.92. The molecule has 1 aromatic heterocycles. The summed E-state index contributed by atoms with van der Waals surface area (Å²) in [4.78, 5) is 4.65. The standard InChI is InChI=1S/C24H26BNO/c25-22-10-5-19(6-11-22)21-9-14-24(26-17-21)20-7-12-23(13-8-20)27-16-15-18-3-1-2-4-18/h5-14,17-18H,1-4,15-16,25H2. The lowest BCUT2D eigenvalue weighted by Gasteiger charge is -2.11. The summed E-state index contributed by atoms with van der Waals surface area (Å²) in [7, 11) is 2.10. The van der Waals surface area contributed by atoms with Crippen LogP contribution in [0.3, 0.4) is 0 Å². The number of nitrogens with zero attached hydrogens (tertiary/aromatic N) is 1. The van der Waals surface area contributed by atoms with E-state index < -0.39 is 0 Å². The highest BCUT2D eigenvalue weighted by atomic mass is 16.5. The van der Waals surface area contributed by atoms with Crippen molar-refractivity contribution in [3.63, 3.8) is 0 Å². The number of hydrogen-bond acceptors (Lipinski definition) is 2. The molecule has 27 heavy (non-hydrogen) atoms. The van der Waals surface area contributed by atoms with Crippen molar-refractivity contribution >= 4 is 13.3 Å². The van der Waals surface area contributed by atoms with Crippen LogP contribution in [0.4, 0.5) is 0 Å². The molecule has 0 atom stereocenters. The van der Waals surface area contributed by atoms with Gasteiger partial charge in [0.1, 0.15) is 13.6 Å². The van der Waals surface area contributed by atoms with Crippen molar-refractivity contribution in [3.8, 4) is 28.1 Å². The molecule has 0 spiro atoms. The quantitative estimate of drug-likeness (QED) is 0.602. The SMILES string of the molecule is Bc1ccc(-c2ccc(-c3ccc(OCCC4CCCC4)cc3)nc2)cc1. The van der Waals surface area contributed by atoms with Crippen LogP contribution in [0.15, 0.2) is 66.9 Å². The highest BCUT2D eigenvalue weighted by molar-refractivity contribution is 6.32. The zero-order chi connectivity index (χ0) is 18.5. The molecule has 3 heteroatoms. The molecule has 136 valence electrons. The van der Waals surface area contributed by atoms with Crippen molar-refractivity contribution in [2.45, 2.75) is 32.1 Å². The van der Waals surface area contributed by atoms with E-state index in [1.165, 1.54) is 43.1 Å². The summed E-state index contributed by atoms with van der Waals surface area (Å²) in [5.74, 6) is 1.83. The Bertz CT molecular complexity index is 850. The van der Waals surface area contributed by atoms with E-state index in [1.54, 1.807) is 0 Å². The van der Waals surface area contributed by atoms with Crippen molar-refractivity contribution in [1.82, 2.24) is 4.98 Å². The lowest BCUT2D eigenvalue weighted by atomic mass is 9.94. The molecule has 0 unspecified atom stereocenters. The number of ether oxygens (including phenoxy) is 1. The van der Waals surface area contributed by atoms with Crippen LogP contribution < -0.4 is 10.2 Å². The Morgan fingerprint density at radius 2 is 1.48 bits per heavy atom. The second-order valence-electron chi connectivity index (χ2n) is 7.61. The minimum atomic E-state index is 0.827. The van der Waals surface area contributed by atoms with E-state index in [2.05, 4.69) is 73.5 Å². The van der Waals surface area contributed by atoms with Crippen molar-refractivity contribution < 1.29 is 4.74 Å². The first-order chi connectivity index (χ1) is 13.3. The lowest BCUT2D eigenvalue weighted by Crippen LogP contribution is -2.03. The first kappa shape index (κ1) is 17.8. The molecule has 0 amide bonds. The van der Waals surface area contributed by atoms with Crippen LogP contribution in [0.5, 0.6) is 5.75 Å². The summed E-state index contributed by atoms with van der Waals surface area (Å²) in [6, 6.07) is 21.1. The third-order valence-corrected chi connectivity index (χ3v) is 5.57. The van der Waals surface area contributed by atoms with Crippen LogP contribution in [0, 0.1) is 5.92 Å². The first-order valence-electron chi connectivity index (χ1n) is 10.0. The third-order valence-electron chi connectivity index (χ3n) is 5.57. The molecule has 2 nitrogen and oxygen atoms in total. The fourth-order valence-corrected chi connectivity index (χ4v) is 3.85. The zero-order valence-electron chi connectivity index (χ0n) is 16.0. The van der Waals surface area contributed by atoms with Gasteiger partial charge in [-0.3, -0.25) is 4.98 Å². The summed E-state index contributed by atoms with van der Waals surface area (Å²) in [5, 5.41) is 0. The molecule has 1 aliphatic carbocycles. The van der Waals surface area contributed by atoms with E-state index in [9.17, 15) is 0 Å². The largest absolute Gasteiger partial charge is 0.494 e. The van der Waals surface area contributed by atoms with Crippen LogP contribution in [-0.2, 0) is 0 Å². The Kier molecular flexibility index (Phi) is 5.57. The van der Waals surface area contributed by atoms with Crippen LogP contribution in [0.1, 0.15) is 32.1 Å². The van der Waals surface area contributed by atoms with Gasteiger partial charge in [-0.2, -0.15) is 0 Å². The molecule has 1 heterocycles. The second-order valence-corrected chi connectivity index (χ2v) is 7.61. The van der Waals surface area contributed by atoms with Gasteiger partial charge < -0.3 is 4.74 Å². The molecule has 0 bridgehead atoms. The lowest BCUT2D eigenvalue weighted by molar-refractivity contribution is 0.279. The van der Waals surface area contributed by atoms with Crippen molar-refractivity contribution in [2.75, 3.05) is 6.61 Å². The number of rotatable bonds is 6. The molecular formula is C24H26BNO. The molecular weight excluding hydrogens is 329 g/mol. The van der Waals surface area contributed by atoms with E-state index in [1.807, 2.05) is 6.20 Å². The minimum Gasteiger partial charge on any atom is -0.494 e. The maximum atomic E-state index is 5.92. The van der Waals surface area contributed by atoms with Gasteiger partial charge in [0.25, 0.3) is 0 Å². The number of pyridine rings is 1. The summed E-state index contributed by atoms with van der Waals surface area (Å²) < 4.78 is 5.92. The van der Waals surface area contributed by atoms with E-state index in [-0.39, 0.29) is 0 Å². The van der Waals surface area contributed by atoms with Gasteiger partial charge in [0.2, 0.25) is 0 Å². The summed E-state index contributed by atoms with van der Waals surface area (Å²) in [6.45, 7) is 0.827. The zero-order valence-corrected chi connectivity index (χ0v) is 16.0. The first-order valence-corrected chi connectivity index (χ1v) is 10.0. The van der Waals surface area contributed by atoms with Crippen molar-refractivity contribution in [3.05, 3.63) is 66.9 Å². The summed E-state index contributed by atoms with van der Waals surface area (Å²) in [6.07, 6.45) is 8.69. The van der Waals surface area contributed by atoms with E-state index in [0.717, 1.165) is 35.1 Å². The third kappa shape index (κ3) is 4.60. The molecule has 0 aliphatic heterocycles. The van der Waals surface area contributed by atoms with Gasteiger partial charge in [-0.05, 0) is 48.2 Å². The fraction of sp³-hybridized carbons (Fsp3) is 0.292. The Labute approximate surface area is 163 Å². The molecule has 1 saturated carbocycles. The number of hydrogen-bond donors (Lipinski definition) is 0. The molecule has 0 saturated heterocycles. The number of benzene rings is 2. The Morgan fingerprint density at radius 3 is 2.15 bits per heavy atom. The average molecular weight is 355 g/mol. The maximum Gasteiger partial charge on any atom is 0.139 e. The summed E-state index contributed by atoms with van der Waals surface area (Å²) >= 11 is 0. The van der Waals surface area contributed by atoms with Gasteiger partial charge in [-0.1, -0.05) is 61.5 Å². The highest BCUT2D eigenvalue weighted by Gasteiger charge is 2.14. The Morgan fingerprint density at radius 1 is 0.815 bits per heavy atom. The predicted octanol–water partition coefficient (Wildman–Crippen LogP) is 4.63. The van der Waals surface area contributed by atoms with Crippen molar-refractivity contribution in [2.24, 2.45) is 5.92 Å². The highest BCUT2D eigenvalue weighted by Crippen LogP contribution is 2.28. The van der Waals surface area contributed by atoms with Gasteiger partial charge in [0.05, 0.1) is 12.3 Å². The van der Waals surface area contributed by atoms with E-state index in [0.29, 0.717) is 0 Å². The van der Waals surface area contributed by atoms with Crippen LogP contribution in [0.2, 0.25) is 0 Å². The van der Waals surface area contributed by atoms with Gasteiger partial charge in [-0.15, -0.1) is 0 Å². The van der Waals surface area contributed by atoms with Crippen LogP contribution in [-0.4, -0.2) is 19.4 Å². The van der Waals surface area contributed by atoms with E-state index in [4.69, 9.17) is 4.74 Å². The predicted molar refractivity (Wildman–Crippen MR) is 115 cm³/mol. The molecule has 3 aromatic rings. The van der Waals surface area contributed by atoms with Crippen LogP contribution in [0.25, 0.3) is 22.4 Å². The second kappa shape index (κ2) is 8.43. The van der Waals surface area contributed by atoms with Crippen LogP contribution >= 0.6 is 0 Å². The molecule has 2 aromatic carbocycles. The fourth-order valence-electron chi connectivity index (χ4n) is 3.85. The molecule has 1 aliphatic rings. The van der Waals surface area contributed by atoms with Crippen molar-refractivity contribution in [1.29, 1.82) is 0 Å². The normalized spacial score (nSPS) is 14.4. The smallest absolute Gasteiger partial charge is 0.139 e. The van der Waals surface area contributed by atoms with Gasteiger partial charge in [-0.25, -0.2) is 0 Å². The van der Waals surface area contributed by atoms with Gasteiger partial charge >= 0.3 is 0 Å². The number of aromatic nitrogens is 1. The average Bonchev–Trinajstić information content (AvgIpc) is 3.23. The monoisotopic (exact) mass is 355 g/mol. The summed E-state index contributed by atoms with van der Waals surface area (Å²) in [5.41, 5.74) is 5.72. The minimum absolute atomic E-state index is 0.827.